The number of furan rings is 1. The number of benzene rings is 1. The van der Waals surface area contributed by atoms with Gasteiger partial charge >= 0.3 is 0 Å². The average molecular weight is 324 g/mol. The molecule has 2 fully saturated rings. The molecule has 1 aromatic heterocycles. The zero-order valence-electron chi connectivity index (χ0n) is 13.9. The minimum atomic E-state index is 0.136. The van der Waals surface area contributed by atoms with Gasteiger partial charge in [0, 0.05) is 44.6 Å². The van der Waals surface area contributed by atoms with Gasteiger partial charge in [-0.15, -0.1) is 0 Å². The highest BCUT2D eigenvalue weighted by Gasteiger charge is 2.47. The number of amides is 1. The first-order valence-electron chi connectivity index (χ1n) is 8.90. The normalized spacial score (nSPS) is 24.6. The van der Waals surface area contributed by atoms with E-state index >= 15 is 0 Å². The smallest absolute Gasteiger partial charge is 0.226 e. The van der Waals surface area contributed by atoms with E-state index in [-0.39, 0.29) is 5.92 Å². The molecule has 0 N–H and O–H groups in total. The van der Waals surface area contributed by atoms with Crippen LogP contribution in [-0.2, 0) is 11.3 Å². The van der Waals surface area contributed by atoms with Crippen molar-refractivity contribution in [3.8, 4) is 0 Å². The summed E-state index contributed by atoms with van der Waals surface area (Å²) in [6, 6.07) is 14.5. The molecule has 1 saturated carbocycles. The maximum absolute atomic E-state index is 12.7. The maximum atomic E-state index is 12.7. The Morgan fingerprint density at radius 2 is 1.92 bits per heavy atom. The molecule has 1 saturated heterocycles. The summed E-state index contributed by atoms with van der Waals surface area (Å²) >= 11 is 0. The Kier molecular flexibility index (Phi) is 4.39. The maximum Gasteiger partial charge on any atom is 0.226 e. The number of hydrogen-bond donors (Lipinski definition) is 0. The first kappa shape index (κ1) is 15.5. The molecule has 126 valence electrons. The number of carbonyl (C=O) groups excluding carboxylic acids is 1. The molecule has 1 aliphatic carbocycles. The third-order valence-corrected chi connectivity index (χ3v) is 5.17. The third-order valence-electron chi connectivity index (χ3n) is 5.17. The molecule has 2 aliphatic rings. The molecular formula is C20H24N2O2. The van der Waals surface area contributed by atoms with E-state index in [9.17, 15) is 4.79 Å². The molecule has 1 aromatic carbocycles. The summed E-state index contributed by atoms with van der Waals surface area (Å²) in [4.78, 5) is 17.3. The summed E-state index contributed by atoms with van der Waals surface area (Å²) in [7, 11) is 0. The highest BCUT2D eigenvalue weighted by Crippen LogP contribution is 2.48. The van der Waals surface area contributed by atoms with Gasteiger partial charge in [0.05, 0.1) is 6.26 Å². The van der Waals surface area contributed by atoms with E-state index in [1.165, 1.54) is 5.56 Å². The molecule has 4 nitrogen and oxygen atoms in total. The molecule has 2 aromatic rings. The van der Waals surface area contributed by atoms with Crippen molar-refractivity contribution in [1.29, 1.82) is 0 Å². The van der Waals surface area contributed by atoms with Crippen LogP contribution >= 0.6 is 0 Å². The van der Waals surface area contributed by atoms with Crippen molar-refractivity contribution >= 4 is 5.91 Å². The van der Waals surface area contributed by atoms with Crippen LogP contribution in [0.2, 0.25) is 0 Å². The number of hydrogen-bond acceptors (Lipinski definition) is 3. The third kappa shape index (κ3) is 3.39. The summed E-state index contributed by atoms with van der Waals surface area (Å²) in [5.41, 5.74) is 1.34. The van der Waals surface area contributed by atoms with Crippen LogP contribution in [0.4, 0.5) is 0 Å². The van der Waals surface area contributed by atoms with Gasteiger partial charge < -0.3 is 9.32 Å². The van der Waals surface area contributed by atoms with E-state index < -0.39 is 0 Å². The average Bonchev–Trinajstić information content (AvgIpc) is 3.29. The fourth-order valence-corrected chi connectivity index (χ4v) is 3.71. The van der Waals surface area contributed by atoms with Crippen LogP contribution in [-0.4, -0.2) is 41.9 Å². The van der Waals surface area contributed by atoms with Gasteiger partial charge in [-0.05, 0) is 30.5 Å². The van der Waals surface area contributed by atoms with Gasteiger partial charge in [0.15, 0.2) is 0 Å². The summed E-state index contributed by atoms with van der Waals surface area (Å²) in [5.74, 6) is 1.72. The fraction of sp³-hybridized carbons (Fsp3) is 0.450. The molecule has 1 amide bonds. The zero-order chi connectivity index (χ0) is 16.4. The van der Waals surface area contributed by atoms with Crippen molar-refractivity contribution in [3.63, 3.8) is 0 Å². The lowest BCUT2D eigenvalue weighted by molar-refractivity contribution is -0.132. The molecule has 0 unspecified atom stereocenters. The second kappa shape index (κ2) is 6.81. The lowest BCUT2D eigenvalue weighted by Gasteiger charge is -2.22. The van der Waals surface area contributed by atoms with Crippen molar-refractivity contribution in [3.05, 3.63) is 60.1 Å². The molecule has 24 heavy (non-hydrogen) atoms. The molecule has 2 heterocycles. The van der Waals surface area contributed by atoms with Gasteiger partial charge in [0.25, 0.3) is 0 Å². The van der Waals surface area contributed by atoms with E-state index in [0.29, 0.717) is 11.8 Å². The number of nitrogens with zero attached hydrogens (tertiary/aromatic N) is 2. The zero-order valence-corrected chi connectivity index (χ0v) is 13.9. The molecular weight excluding hydrogens is 300 g/mol. The standard InChI is InChI=1S/C20H24N2O2/c23-20(18-14-17(18)19-8-4-13-24-19)22-10-5-9-21(11-12-22)15-16-6-2-1-3-7-16/h1-4,6-8,13,17-18H,5,9-12,14-15H2/t17-,18-/m1/s1. The van der Waals surface area contributed by atoms with E-state index in [0.717, 1.165) is 51.3 Å². The minimum absolute atomic E-state index is 0.136. The second-order valence-electron chi connectivity index (χ2n) is 6.90. The monoisotopic (exact) mass is 324 g/mol. The highest BCUT2D eigenvalue weighted by atomic mass is 16.3. The number of rotatable bonds is 4. The fourth-order valence-electron chi connectivity index (χ4n) is 3.71. The van der Waals surface area contributed by atoms with Gasteiger partial charge in [0.1, 0.15) is 5.76 Å². The lowest BCUT2D eigenvalue weighted by Crippen LogP contribution is -2.36. The Morgan fingerprint density at radius 3 is 2.71 bits per heavy atom. The van der Waals surface area contributed by atoms with Gasteiger partial charge in [-0.3, -0.25) is 9.69 Å². The Hall–Kier alpha value is -2.07. The van der Waals surface area contributed by atoms with Gasteiger partial charge in [0.2, 0.25) is 5.91 Å². The minimum Gasteiger partial charge on any atom is -0.469 e. The first-order valence-corrected chi connectivity index (χ1v) is 8.90. The molecule has 0 bridgehead atoms. The second-order valence-corrected chi connectivity index (χ2v) is 6.90. The van der Waals surface area contributed by atoms with Crippen LogP contribution in [0, 0.1) is 5.92 Å². The van der Waals surface area contributed by atoms with Crippen LogP contribution in [0.3, 0.4) is 0 Å². The molecule has 4 heteroatoms. The predicted molar refractivity (Wildman–Crippen MR) is 92.5 cm³/mol. The Balaban J connectivity index is 1.31. The molecule has 0 radical (unpaired) electrons. The van der Waals surface area contributed by atoms with Crippen LogP contribution in [0.5, 0.6) is 0 Å². The van der Waals surface area contributed by atoms with E-state index in [2.05, 4.69) is 40.1 Å². The SMILES string of the molecule is O=C([C@@H]1C[C@H]1c1ccco1)N1CCCN(Cc2ccccc2)CC1. The Bertz CT molecular complexity index is 668. The van der Waals surface area contributed by atoms with Gasteiger partial charge in [-0.25, -0.2) is 0 Å². The molecule has 1 aliphatic heterocycles. The van der Waals surface area contributed by atoms with Crippen molar-refractivity contribution in [2.45, 2.75) is 25.3 Å². The molecule has 0 spiro atoms. The summed E-state index contributed by atoms with van der Waals surface area (Å²) < 4.78 is 5.45. The summed E-state index contributed by atoms with van der Waals surface area (Å²) in [6.07, 6.45) is 3.69. The van der Waals surface area contributed by atoms with E-state index in [1.54, 1.807) is 6.26 Å². The van der Waals surface area contributed by atoms with Crippen molar-refractivity contribution < 1.29 is 9.21 Å². The van der Waals surface area contributed by atoms with E-state index in [1.807, 2.05) is 12.1 Å². The van der Waals surface area contributed by atoms with E-state index in [4.69, 9.17) is 4.42 Å². The van der Waals surface area contributed by atoms with Crippen LogP contribution in [0.1, 0.15) is 30.1 Å². The van der Waals surface area contributed by atoms with Crippen LogP contribution < -0.4 is 0 Å². The quantitative estimate of drug-likeness (QED) is 0.867. The predicted octanol–water partition coefficient (Wildman–Crippen LogP) is 3.12. The Morgan fingerprint density at radius 1 is 1.04 bits per heavy atom. The van der Waals surface area contributed by atoms with Crippen LogP contribution in [0.15, 0.2) is 53.1 Å². The van der Waals surface area contributed by atoms with Gasteiger partial charge in [-0.2, -0.15) is 0 Å². The lowest BCUT2D eigenvalue weighted by atomic mass is 10.2. The molecule has 2 atom stereocenters. The Labute approximate surface area is 143 Å². The van der Waals surface area contributed by atoms with Crippen molar-refractivity contribution in [2.24, 2.45) is 5.92 Å². The topological polar surface area (TPSA) is 36.7 Å². The number of carbonyl (C=O) groups is 1. The summed E-state index contributed by atoms with van der Waals surface area (Å²) in [5, 5.41) is 0. The van der Waals surface area contributed by atoms with Crippen molar-refractivity contribution in [1.82, 2.24) is 9.80 Å². The van der Waals surface area contributed by atoms with Crippen molar-refractivity contribution in [2.75, 3.05) is 26.2 Å². The highest BCUT2D eigenvalue weighted by molar-refractivity contribution is 5.82. The van der Waals surface area contributed by atoms with Gasteiger partial charge in [-0.1, -0.05) is 30.3 Å². The summed E-state index contributed by atoms with van der Waals surface area (Å²) in [6.45, 7) is 4.71. The first-order chi connectivity index (χ1) is 11.8. The largest absolute Gasteiger partial charge is 0.469 e. The molecule has 4 rings (SSSR count). The van der Waals surface area contributed by atoms with Crippen LogP contribution in [0.25, 0.3) is 0 Å².